The van der Waals surface area contributed by atoms with Gasteiger partial charge in [-0.15, -0.1) is 11.3 Å². The van der Waals surface area contributed by atoms with Crippen molar-refractivity contribution in [1.82, 2.24) is 10.3 Å². The predicted molar refractivity (Wildman–Crippen MR) is 98.5 cm³/mol. The van der Waals surface area contributed by atoms with Crippen molar-refractivity contribution in [3.8, 4) is 5.75 Å². The fourth-order valence-corrected chi connectivity index (χ4v) is 4.18. The SMILES string of the molecule is COc1ccc2c(Cl)c(C(=O)NC(C)c3ccncc3)sc2c1Cl. The lowest BCUT2D eigenvalue weighted by molar-refractivity contribution is 0.0944. The standard InChI is InChI=1S/C17H14Cl2N2O2S/c1-9(10-5-7-20-8-6-10)21-17(22)16-13(18)11-3-4-12(23-2)14(19)15(11)24-16/h3-9H,1-2H3,(H,21,22). The van der Waals surface area contributed by atoms with Crippen molar-refractivity contribution in [2.45, 2.75) is 13.0 Å². The Morgan fingerprint density at radius 1 is 1.21 bits per heavy atom. The lowest BCUT2D eigenvalue weighted by atomic mass is 10.1. The molecule has 1 unspecified atom stereocenters. The summed E-state index contributed by atoms with van der Waals surface area (Å²) in [4.78, 5) is 17.0. The molecular weight excluding hydrogens is 367 g/mol. The molecule has 124 valence electrons. The molecule has 1 N–H and O–H groups in total. The Labute approximate surface area is 153 Å². The molecule has 0 spiro atoms. The fraction of sp³-hybridized carbons (Fsp3) is 0.176. The van der Waals surface area contributed by atoms with Gasteiger partial charge < -0.3 is 10.1 Å². The molecule has 24 heavy (non-hydrogen) atoms. The van der Waals surface area contributed by atoms with Gasteiger partial charge in [-0.05, 0) is 36.8 Å². The van der Waals surface area contributed by atoms with E-state index in [0.717, 1.165) is 15.6 Å². The van der Waals surface area contributed by atoms with Crippen LogP contribution in [0.15, 0.2) is 36.7 Å². The molecule has 0 saturated carbocycles. The number of hydrogen-bond donors (Lipinski definition) is 1. The number of methoxy groups -OCH3 is 1. The zero-order valence-electron chi connectivity index (χ0n) is 13.0. The number of benzene rings is 1. The van der Waals surface area contributed by atoms with Gasteiger partial charge in [0.25, 0.3) is 5.91 Å². The van der Waals surface area contributed by atoms with E-state index in [4.69, 9.17) is 27.9 Å². The number of amides is 1. The van der Waals surface area contributed by atoms with E-state index in [1.165, 1.54) is 11.3 Å². The minimum absolute atomic E-state index is 0.160. The monoisotopic (exact) mass is 380 g/mol. The molecule has 1 aromatic carbocycles. The molecule has 1 atom stereocenters. The van der Waals surface area contributed by atoms with E-state index in [1.807, 2.05) is 25.1 Å². The summed E-state index contributed by atoms with van der Waals surface area (Å²) in [5, 5.41) is 4.55. The Morgan fingerprint density at radius 3 is 2.58 bits per heavy atom. The third-order valence-electron chi connectivity index (χ3n) is 3.68. The van der Waals surface area contributed by atoms with E-state index in [9.17, 15) is 4.79 Å². The molecule has 0 aliphatic rings. The Morgan fingerprint density at radius 2 is 1.92 bits per heavy atom. The average molecular weight is 381 g/mol. The number of hydrogen-bond acceptors (Lipinski definition) is 4. The van der Waals surface area contributed by atoms with E-state index in [0.29, 0.717) is 20.7 Å². The second kappa shape index (κ2) is 6.97. The molecule has 0 saturated heterocycles. The molecule has 7 heteroatoms. The van der Waals surface area contributed by atoms with E-state index in [-0.39, 0.29) is 11.9 Å². The zero-order chi connectivity index (χ0) is 17.3. The van der Waals surface area contributed by atoms with Gasteiger partial charge in [-0.25, -0.2) is 0 Å². The molecule has 1 amide bonds. The van der Waals surface area contributed by atoms with Crippen molar-refractivity contribution in [2.75, 3.05) is 7.11 Å². The third kappa shape index (κ3) is 3.07. The number of halogens is 2. The first-order valence-corrected chi connectivity index (χ1v) is 8.75. The second-order valence-corrected chi connectivity index (χ2v) is 6.96. The maximum Gasteiger partial charge on any atom is 0.263 e. The highest BCUT2D eigenvalue weighted by Gasteiger charge is 2.21. The minimum atomic E-state index is -0.236. The summed E-state index contributed by atoms with van der Waals surface area (Å²) < 4.78 is 5.95. The summed E-state index contributed by atoms with van der Waals surface area (Å²) in [7, 11) is 1.55. The van der Waals surface area contributed by atoms with Crippen LogP contribution in [-0.4, -0.2) is 18.0 Å². The maximum absolute atomic E-state index is 12.6. The first kappa shape index (κ1) is 17.0. The normalized spacial score (nSPS) is 12.2. The van der Waals surface area contributed by atoms with Crippen molar-refractivity contribution in [3.63, 3.8) is 0 Å². The highest BCUT2D eigenvalue weighted by atomic mass is 35.5. The number of nitrogens with zero attached hydrogens (tertiary/aromatic N) is 1. The Kier molecular flexibility index (Phi) is 4.94. The quantitative estimate of drug-likeness (QED) is 0.684. The number of rotatable bonds is 4. The summed E-state index contributed by atoms with van der Waals surface area (Å²) in [6, 6.07) is 7.11. The Hall–Kier alpha value is -1.82. The summed E-state index contributed by atoms with van der Waals surface area (Å²) >= 11 is 14.0. The molecular formula is C17H14Cl2N2O2S. The molecule has 0 aliphatic carbocycles. The van der Waals surface area contributed by atoms with E-state index >= 15 is 0 Å². The number of fused-ring (bicyclic) bond motifs is 1. The van der Waals surface area contributed by atoms with E-state index in [2.05, 4.69) is 10.3 Å². The number of nitrogens with one attached hydrogen (secondary N) is 1. The van der Waals surface area contributed by atoms with Crippen LogP contribution >= 0.6 is 34.5 Å². The number of pyridine rings is 1. The van der Waals surface area contributed by atoms with Crippen molar-refractivity contribution >= 4 is 50.5 Å². The fourth-order valence-electron chi connectivity index (χ4n) is 2.38. The molecule has 3 aromatic rings. The molecule has 0 aliphatic heterocycles. The van der Waals surface area contributed by atoms with Crippen LogP contribution < -0.4 is 10.1 Å². The molecule has 0 bridgehead atoms. The van der Waals surface area contributed by atoms with E-state index in [1.54, 1.807) is 25.6 Å². The lowest BCUT2D eigenvalue weighted by Crippen LogP contribution is -2.26. The van der Waals surface area contributed by atoms with Crippen LogP contribution in [-0.2, 0) is 0 Å². The minimum Gasteiger partial charge on any atom is -0.495 e. The van der Waals surface area contributed by atoms with E-state index < -0.39 is 0 Å². The van der Waals surface area contributed by atoms with Gasteiger partial charge in [-0.1, -0.05) is 23.2 Å². The number of aromatic nitrogens is 1. The smallest absolute Gasteiger partial charge is 0.263 e. The van der Waals surface area contributed by atoms with Gasteiger partial charge in [0.05, 0.1) is 22.9 Å². The van der Waals surface area contributed by atoms with Gasteiger partial charge in [0, 0.05) is 17.8 Å². The zero-order valence-corrected chi connectivity index (χ0v) is 15.3. The summed E-state index contributed by atoms with van der Waals surface area (Å²) in [5.41, 5.74) is 0.968. The van der Waals surface area contributed by atoms with Crippen LogP contribution in [0.25, 0.3) is 10.1 Å². The summed E-state index contributed by atoms with van der Waals surface area (Å²) in [6.07, 6.45) is 3.38. The average Bonchev–Trinajstić information content (AvgIpc) is 2.94. The highest BCUT2D eigenvalue weighted by molar-refractivity contribution is 7.22. The van der Waals surface area contributed by atoms with Gasteiger partial charge in [-0.2, -0.15) is 0 Å². The first-order chi connectivity index (χ1) is 11.5. The summed E-state index contributed by atoms with van der Waals surface area (Å²) in [6.45, 7) is 1.91. The molecule has 2 aromatic heterocycles. The van der Waals surface area contributed by atoms with Gasteiger partial charge >= 0.3 is 0 Å². The highest BCUT2D eigenvalue weighted by Crippen LogP contribution is 2.43. The maximum atomic E-state index is 12.6. The van der Waals surface area contributed by atoms with Crippen molar-refractivity contribution in [3.05, 3.63) is 57.1 Å². The first-order valence-electron chi connectivity index (χ1n) is 7.18. The summed E-state index contributed by atoms with van der Waals surface area (Å²) in [5.74, 6) is 0.319. The molecule has 0 fully saturated rings. The van der Waals surface area contributed by atoms with Gasteiger partial charge in [0.1, 0.15) is 15.6 Å². The topological polar surface area (TPSA) is 51.2 Å². The third-order valence-corrected chi connectivity index (χ3v) is 5.90. The van der Waals surface area contributed by atoms with Crippen molar-refractivity contribution < 1.29 is 9.53 Å². The Balaban J connectivity index is 1.93. The molecule has 4 nitrogen and oxygen atoms in total. The van der Waals surface area contributed by atoms with Crippen molar-refractivity contribution in [1.29, 1.82) is 0 Å². The molecule has 3 rings (SSSR count). The number of ether oxygens (including phenoxy) is 1. The molecule has 2 heterocycles. The number of thiophene rings is 1. The van der Waals surface area contributed by atoms with Crippen molar-refractivity contribution in [2.24, 2.45) is 0 Å². The largest absolute Gasteiger partial charge is 0.495 e. The van der Waals surface area contributed by atoms with Gasteiger partial charge in [-0.3, -0.25) is 9.78 Å². The number of carbonyl (C=O) groups excluding carboxylic acids is 1. The van der Waals surface area contributed by atoms with Crippen LogP contribution in [0, 0.1) is 0 Å². The Bertz CT molecular complexity index is 896. The van der Waals surface area contributed by atoms with Crippen LogP contribution in [0.1, 0.15) is 28.2 Å². The van der Waals surface area contributed by atoms with Crippen LogP contribution in [0.2, 0.25) is 10.0 Å². The van der Waals surface area contributed by atoms with Crippen LogP contribution in [0.5, 0.6) is 5.75 Å². The van der Waals surface area contributed by atoms with Gasteiger partial charge in [0.15, 0.2) is 0 Å². The van der Waals surface area contributed by atoms with Crippen LogP contribution in [0.4, 0.5) is 0 Å². The predicted octanol–water partition coefficient (Wildman–Crippen LogP) is 5.10. The van der Waals surface area contributed by atoms with Gasteiger partial charge in [0.2, 0.25) is 0 Å². The van der Waals surface area contributed by atoms with Crippen LogP contribution in [0.3, 0.4) is 0 Å². The number of carbonyl (C=O) groups is 1. The molecule has 0 radical (unpaired) electrons. The second-order valence-electron chi connectivity index (χ2n) is 5.18. The lowest BCUT2D eigenvalue weighted by Gasteiger charge is -2.13.